The number of anilines is 1. The van der Waals surface area contributed by atoms with Crippen molar-refractivity contribution in [2.45, 2.75) is 36.5 Å². The van der Waals surface area contributed by atoms with E-state index < -0.39 is 14.6 Å². The molecule has 2 aliphatic rings. The summed E-state index contributed by atoms with van der Waals surface area (Å²) >= 11 is 0. The van der Waals surface area contributed by atoms with Crippen LogP contribution in [0.25, 0.3) is 0 Å². The lowest BCUT2D eigenvalue weighted by molar-refractivity contribution is -0.132. The third kappa shape index (κ3) is 2.91. The van der Waals surface area contributed by atoms with Gasteiger partial charge in [-0.15, -0.1) is 5.10 Å². The number of nitrogens with zero attached hydrogens (tertiary/aromatic N) is 4. The molecule has 3 rings (SSSR count). The second-order valence-electron chi connectivity index (χ2n) is 6.51. The molecule has 1 amide bonds. The Bertz CT molecular complexity index is 688. The molecule has 8 heteroatoms. The summed E-state index contributed by atoms with van der Waals surface area (Å²) < 4.78 is 22.7. The van der Waals surface area contributed by atoms with Crippen LogP contribution >= 0.6 is 0 Å². The van der Waals surface area contributed by atoms with Crippen molar-refractivity contribution in [3.8, 4) is 0 Å². The van der Waals surface area contributed by atoms with Crippen LogP contribution in [-0.2, 0) is 14.6 Å². The number of aromatic nitrogens is 2. The maximum atomic E-state index is 12.7. The van der Waals surface area contributed by atoms with Crippen molar-refractivity contribution in [3.05, 3.63) is 18.3 Å². The molecule has 0 spiro atoms. The molecule has 1 saturated carbocycles. The molecular formula is C15H22N4O3S. The molecule has 7 nitrogen and oxygen atoms in total. The first-order valence-corrected chi connectivity index (χ1v) is 9.74. The zero-order valence-electron chi connectivity index (χ0n) is 13.5. The van der Waals surface area contributed by atoms with E-state index in [9.17, 15) is 13.2 Å². The van der Waals surface area contributed by atoms with Gasteiger partial charge in [-0.2, -0.15) is 5.10 Å². The monoisotopic (exact) mass is 338 g/mol. The Balaban J connectivity index is 1.73. The number of piperidine rings is 1. The Morgan fingerprint density at radius 2 is 2.17 bits per heavy atom. The molecule has 1 aliphatic carbocycles. The van der Waals surface area contributed by atoms with Gasteiger partial charge < -0.3 is 9.80 Å². The van der Waals surface area contributed by atoms with Crippen LogP contribution in [0.3, 0.4) is 0 Å². The fourth-order valence-corrected chi connectivity index (χ4v) is 4.59. The topological polar surface area (TPSA) is 83.5 Å². The van der Waals surface area contributed by atoms with Gasteiger partial charge in [0.2, 0.25) is 5.91 Å². The lowest BCUT2D eigenvalue weighted by Crippen LogP contribution is -2.53. The summed E-state index contributed by atoms with van der Waals surface area (Å²) in [5, 5.41) is 8.01. The molecule has 0 N–H and O–H groups in total. The van der Waals surface area contributed by atoms with E-state index in [1.807, 2.05) is 12.1 Å². The van der Waals surface area contributed by atoms with Crippen molar-refractivity contribution in [1.82, 2.24) is 15.1 Å². The molecule has 1 atom stereocenters. The van der Waals surface area contributed by atoms with E-state index in [1.165, 1.54) is 6.26 Å². The van der Waals surface area contributed by atoms with Crippen molar-refractivity contribution < 1.29 is 13.2 Å². The van der Waals surface area contributed by atoms with Crippen LogP contribution in [-0.4, -0.2) is 66.6 Å². The molecule has 0 unspecified atom stereocenters. The van der Waals surface area contributed by atoms with Gasteiger partial charge in [-0.25, -0.2) is 8.42 Å². The first-order chi connectivity index (χ1) is 10.8. The molecular weight excluding hydrogens is 316 g/mol. The molecule has 1 aromatic rings. The van der Waals surface area contributed by atoms with Gasteiger partial charge in [0.25, 0.3) is 0 Å². The summed E-state index contributed by atoms with van der Waals surface area (Å²) in [5.74, 6) is 0.535. The lowest BCUT2D eigenvalue weighted by atomic mass is 10.0. The highest BCUT2D eigenvalue weighted by molar-refractivity contribution is 7.93. The van der Waals surface area contributed by atoms with E-state index in [0.29, 0.717) is 19.4 Å². The molecule has 0 radical (unpaired) electrons. The first-order valence-electron chi connectivity index (χ1n) is 7.85. The smallest absolute Gasteiger partial charge is 0.244 e. The van der Waals surface area contributed by atoms with Crippen molar-refractivity contribution in [3.63, 3.8) is 0 Å². The van der Waals surface area contributed by atoms with Gasteiger partial charge in [0.05, 0.1) is 0 Å². The normalized spacial score (nSPS) is 23.4. The highest BCUT2D eigenvalue weighted by Gasteiger charge is 2.60. The van der Waals surface area contributed by atoms with Gasteiger partial charge in [-0.3, -0.25) is 4.79 Å². The number of hydrogen-bond acceptors (Lipinski definition) is 6. The quantitative estimate of drug-likeness (QED) is 0.794. The molecule has 2 heterocycles. The number of carbonyl (C=O) groups excluding carboxylic acids is 1. The van der Waals surface area contributed by atoms with Crippen molar-refractivity contribution >= 4 is 21.6 Å². The molecule has 1 aliphatic heterocycles. The molecule has 126 valence electrons. The van der Waals surface area contributed by atoms with E-state index in [4.69, 9.17) is 0 Å². The summed E-state index contributed by atoms with van der Waals surface area (Å²) in [6, 6.07) is 3.73. The maximum absolute atomic E-state index is 12.7. The SMILES string of the molecule is CN(C(=O)C1(S(C)(=O)=O)CC1)[C@H]1CCCN(c2cccnn2)C1. The largest absolute Gasteiger partial charge is 0.353 e. The zero-order valence-corrected chi connectivity index (χ0v) is 14.3. The minimum atomic E-state index is -3.37. The van der Waals surface area contributed by atoms with E-state index in [0.717, 1.165) is 25.2 Å². The van der Waals surface area contributed by atoms with Crippen LogP contribution in [0.5, 0.6) is 0 Å². The van der Waals surface area contributed by atoms with Crippen LogP contribution in [0, 0.1) is 0 Å². The number of carbonyl (C=O) groups is 1. The van der Waals surface area contributed by atoms with Gasteiger partial charge in [0.1, 0.15) is 0 Å². The molecule has 0 bridgehead atoms. The van der Waals surface area contributed by atoms with Gasteiger partial charge in [0.15, 0.2) is 20.4 Å². The van der Waals surface area contributed by atoms with Gasteiger partial charge in [-0.05, 0) is 37.8 Å². The fourth-order valence-electron chi connectivity index (χ4n) is 3.29. The van der Waals surface area contributed by atoms with Crippen LogP contribution in [0.1, 0.15) is 25.7 Å². The average Bonchev–Trinajstić information content (AvgIpc) is 3.36. The van der Waals surface area contributed by atoms with Crippen LogP contribution in [0.4, 0.5) is 5.82 Å². The number of rotatable bonds is 4. The first kappa shape index (κ1) is 16.2. The molecule has 1 saturated heterocycles. The second-order valence-corrected chi connectivity index (χ2v) is 8.83. The number of sulfone groups is 1. The third-order valence-corrected chi connectivity index (χ3v) is 6.95. The van der Waals surface area contributed by atoms with Crippen LogP contribution in [0.15, 0.2) is 18.3 Å². The maximum Gasteiger partial charge on any atom is 0.244 e. The number of hydrogen-bond donors (Lipinski definition) is 0. The van der Waals surface area contributed by atoms with Crippen LogP contribution in [0.2, 0.25) is 0 Å². The number of amides is 1. The van der Waals surface area contributed by atoms with Crippen molar-refractivity contribution in [2.24, 2.45) is 0 Å². The average molecular weight is 338 g/mol. The summed E-state index contributed by atoms with van der Waals surface area (Å²) in [5.41, 5.74) is 0. The Hall–Kier alpha value is -1.70. The highest BCUT2D eigenvalue weighted by atomic mass is 32.2. The van der Waals surface area contributed by atoms with Crippen molar-refractivity contribution in [1.29, 1.82) is 0 Å². The third-order valence-electron chi connectivity index (χ3n) is 4.95. The predicted molar refractivity (Wildman–Crippen MR) is 86.8 cm³/mol. The summed E-state index contributed by atoms with van der Waals surface area (Å²) in [4.78, 5) is 16.5. The Morgan fingerprint density at radius 3 is 2.74 bits per heavy atom. The highest BCUT2D eigenvalue weighted by Crippen LogP contribution is 2.45. The molecule has 23 heavy (non-hydrogen) atoms. The zero-order chi connectivity index (χ0) is 16.7. The van der Waals surface area contributed by atoms with E-state index in [1.54, 1.807) is 18.1 Å². The van der Waals surface area contributed by atoms with Crippen molar-refractivity contribution in [2.75, 3.05) is 31.3 Å². The molecule has 1 aromatic heterocycles. The fraction of sp³-hybridized carbons (Fsp3) is 0.667. The standard InChI is InChI=1S/C15H22N4O3S/c1-18(14(20)15(7-8-15)23(2,21)22)12-5-4-10-19(11-12)13-6-3-9-16-17-13/h3,6,9,12H,4-5,7-8,10-11H2,1-2H3/t12-/m0/s1. The molecule has 2 fully saturated rings. The Kier molecular flexibility index (Phi) is 4.03. The van der Waals surface area contributed by atoms with Crippen LogP contribution < -0.4 is 4.90 Å². The minimum absolute atomic E-state index is 0.00233. The van der Waals surface area contributed by atoms with E-state index in [-0.39, 0.29) is 11.9 Å². The second kappa shape index (κ2) is 5.74. The predicted octanol–water partition coefficient (Wildman–Crippen LogP) is 0.481. The Labute approximate surface area is 136 Å². The summed E-state index contributed by atoms with van der Waals surface area (Å²) in [7, 11) is -1.65. The molecule has 0 aromatic carbocycles. The lowest BCUT2D eigenvalue weighted by Gasteiger charge is -2.39. The van der Waals surface area contributed by atoms with E-state index >= 15 is 0 Å². The summed E-state index contributed by atoms with van der Waals surface area (Å²) in [6.45, 7) is 1.52. The Morgan fingerprint density at radius 1 is 1.43 bits per heavy atom. The van der Waals surface area contributed by atoms with Gasteiger partial charge in [0, 0.05) is 38.6 Å². The van der Waals surface area contributed by atoms with Gasteiger partial charge in [-0.1, -0.05) is 0 Å². The minimum Gasteiger partial charge on any atom is -0.353 e. The van der Waals surface area contributed by atoms with E-state index in [2.05, 4.69) is 15.1 Å². The number of likely N-dealkylation sites (N-methyl/N-ethyl adjacent to an activating group) is 1. The summed E-state index contributed by atoms with van der Waals surface area (Å²) in [6.07, 6.45) is 5.48. The van der Waals surface area contributed by atoms with Gasteiger partial charge >= 0.3 is 0 Å².